The number of hydrogen-bond acceptors (Lipinski definition) is 4. The quantitative estimate of drug-likeness (QED) is 0.686. The van der Waals surface area contributed by atoms with Gasteiger partial charge in [0.15, 0.2) is 11.6 Å². The second kappa shape index (κ2) is 8.75. The molecule has 0 amide bonds. The van der Waals surface area contributed by atoms with Crippen molar-refractivity contribution in [3.8, 4) is 5.75 Å². The Balaban J connectivity index is 2.32. The number of nitrogens with zero attached hydrogens (tertiary/aromatic N) is 1. The van der Waals surface area contributed by atoms with Crippen LogP contribution < -0.4 is 10.1 Å². The average molecular weight is 252 g/mol. The smallest absolute Gasteiger partial charge is 0.168 e. The van der Waals surface area contributed by atoms with Crippen LogP contribution >= 0.6 is 0 Å². The topological polar surface area (TPSA) is 43.4 Å². The van der Waals surface area contributed by atoms with Gasteiger partial charge in [0.05, 0.1) is 6.10 Å². The number of hydrogen-bond donors (Lipinski definition) is 1. The fraction of sp³-hybridized carbons (Fsp3) is 0.643. The fourth-order valence-corrected chi connectivity index (χ4v) is 1.50. The molecule has 0 saturated carbocycles. The van der Waals surface area contributed by atoms with Gasteiger partial charge >= 0.3 is 0 Å². The molecule has 0 radical (unpaired) electrons. The molecule has 4 heteroatoms. The maximum absolute atomic E-state index is 5.68. The molecular weight excluding hydrogens is 228 g/mol. The lowest BCUT2D eigenvalue weighted by atomic mass is 10.3. The first kappa shape index (κ1) is 14.8. The lowest BCUT2D eigenvalue weighted by molar-refractivity contribution is 0.134. The Bertz CT molecular complexity index is 329. The summed E-state index contributed by atoms with van der Waals surface area (Å²) in [5.74, 6) is 1.61. The van der Waals surface area contributed by atoms with Crippen molar-refractivity contribution in [1.82, 2.24) is 4.98 Å². The van der Waals surface area contributed by atoms with Crippen LogP contribution in [0.25, 0.3) is 0 Å². The first-order chi connectivity index (χ1) is 8.74. The summed E-state index contributed by atoms with van der Waals surface area (Å²) in [4.78, 5) is 4.29. The van der Waals surface area contributed by atoms with Crippen molar-refractivity contribution in [3.63, 3.8) is 0 Å². The summed E-state index contributed by atoms with van der Waals surface area (Å²) in [6, 6.07) is 3.82. The zero-order valence-corrected chi connectivity index (χ0v) is 11.6. The van der Waals surface area contributed by atoms with Gasteiger partial charge in [0.1, 0.15) is 0 Å². The monoisotopic (exact) mass is 252 g/mol. The van der Waals surface area contributed by atoms with Crippen molar-refractivity contribution in [3.05, 3.63) is 18.3 Å². The highest BCUT2D eigenvalue weighted by molar-refractivity contribution is 5.49. The van der Waals surface area contributed by atoms with Gasteiger partial charge in [-0.1, -0.05) is 6.92 Å². The van der Waals surface area contributed by atoms with Gasteiger partial charge < -0.3 is 14.8 Å². The summed E-state index contributed by atoms with van der Waals surface area (Å²) in [5.41, 5.74) is 0. The van der Waals surface area contributed by atoms with E-state index in [1.165, 1.54) is 0 Å². The summed E-state index contributed by atoms with van der Waals surface area (Å²) in [6.45, 7) is 8.60. The molecule has 1 N–H and O–H groups in total. The van der Waals surface area contributed by atoms with Crippen molar-refractivity contribution in [2.75, 3.05) is 25.1 Å². The molecule has 0 spiro atoms. The van der Waals surface area contributed by atoms with Crippen molar-refractivity contribution in [1.29, 1.82) is 0 Å². The predicted molar refractivity (Wildman–Crippen MR) is 74.2 cm³/mol. The van der Waals surface area contributed by atoms with E-state index in [2.05, 4.69) is 17.2 Å². The summed E-state index contributed by atoms with van der Waals surface area (Å²) in [7, 11) is 0. The summed E-state index contributed by atoms with van der Waals surface area (Å²) >= 11 is 0. The van der Waals surface area contributed by atoms with Gasteiger partial charge in [0.2, 0.25) is 0 Å². The van der Waals surface area contributed by atoms with Crippen LogP contribution in [0.3, 0.4) is 0 Å². The van der Waals surface area contributed by atoms with Gasteiger partial charge in [0, 0.05) is 26.0 Å². The van der Waals surface area contributed by atoms with E-state index in [0.29, 0.717) is 0 Å². The number of rotatable bonds is 9. The number of nitrogens with one attached hydrogen (secondary N) is 1. The van der Waals surface area contributed by atoms with Crippen LogP contribution in [0.15, 0.2) is 18.3 Å². The van der Waals surface area contributed by atoms with Gasteiger partial charge in [-0.3, -0.25) is 0 Å². The minimum absolute atomic E-state index is 0.155. The zero-order valence-electron chi connectivity index (χ0n) is 11.6. The average Bonchev–Trinajstić information content (AvgIpc) is 2.35. The van der Waals surface area contributed by atoms with Gasteiger partial charge in [-0.05, 0) is 38.8 Å². The molecule has 1 heterocycles. The standard InChI is InChI=1S/C14H24N2O2/c1-4-10-17-11-6-9-16-14-13(18-12(2)3)7-5-8-15-14/h5,7-8,12H,4,6,9-11H2,1-3H3,(H,15,16). The van der Waals surface area contributed by atoms with Gasteiger partial charge in [0.25, 0.3) is 0 Å². The van der Waals surface area contributed by atoms with E-state index >= 15 is 0 Å². The Hall–Kier alpha value is -1.29. The Morgan fingerprint density at radius 2 is 2.17 bits per heavy atom. The van der Waals surface area contributed by atoms with Gasteiger partial charge in [-0.15, -0.1) is 0 Å². The van der Waals surface area contributed by atoms with E-state index in [9.17, 15) is 0 Å². The molecule has 0 aliphatic carbocycles. The van der Waals surface area contributed by atoms with Crippen LogP contribution in [0, 0.1) is 0 Å². The lowest BCUT2D eigenvalue weighted by Gasteiger charge is -2.14. The first-order valence-electron chi connectivity index (χ1n) is 6.67. The largest absolute Gasteiger partial charge is 0.487 e. The SMILES string of the molecule is CCCOCCCNc1ncccc1OC(C)C. The second-order valence-corrected chi connectivity index (χ2v) is 4.41. The Morgan fingerprint density at radius 1 is 1.33 bits per heavy atom. The Kier molecular flexibility index (Phi) is 7.18. The third-order valence-corrected chi connectivity index (χ3v) is 2.24. The minimum Gasteiger partial charge on any atom is -0.487 e. The number of aromatic nitrogens is 1. The lowest BCUT2D eigenvalue weighted by Crippen LogP contribution is -2.11. The molecule has 1 aromatic rings. The van der Waals surface area contributed by atoms with Gasteiger partial charge in [-0.25, -0.2) is 4.98 Å². The zero-order chi connectivity index (χ0) is 13.2. The van der Waals surface area contributed by atoms with Crippen molar-refractivity contribution >= 4 is 5.82 Å². The molecule has 0 aliphatic heterocycles. The minimum atomic E-state index is 0.155. The van der Waals surface area contributed by atoms with Crippen molar-refractivity contribution < 1.29 is 9.47 Å². The molecule has 0 atom stereocenters. The maximum atomic E-state index is 5.68. The third-order valence-electron chi connectivity index (χ3n) is 2.24. The molecule has 0 fully saturated rings. The predicted octanol–water partition coefficient (Wildman–Crippen LogP) is 3.10. The number of anilines is 1. The molecule has 1 rings (SSSR count). The Morgan fingerprint density at radius 3 is 2.89 bits per heavy atom. The molecule has 102 valence electrons. The molecule has 0 aromatic carbocycles. The summed E-state index contributed by atoms with van der Waals surface area (Å²) in [5, 5.41) is 3.28. The highest BCUT2D eigenvalue weighted by Gasteiger charge is 2.05. The van der Waals surface area contributed by atoms with E-state index in [4.69, 9.17) is 9.47 Å². The van der Waals surface area contributed by atoms with Crippen molar-refractivity contribution in [2.45, 2.75) is 39.7 Å². The molecule has 0 aliphatic rings. The molecule has 4 nitrogen and oxygen atoms in total. The van der Waals surface area contributed by atoms with Crippen LogP contribution in [0.5, 0.6) is 5.75 Å². The highest BCUT2D eigenvalue weighted by atomic mass is 16.5. The maximum Gasteiger partial charge on any atom is 0.168 e. The van der Waals surface area contributed by atoms with Crippen LogP contribution in [0.4, 0.5) is 5.82 Å². The van der Waals surface area contributed by atoms with E-state index in [1.807, 2.05) is 26.0 Å². The summed E-state index contributed by atoms with van der Waals surface area (Å²) in [6.07, 6.45) is 3.96. The molecule has 0 unspecified atom stereocenters. The van der Waals surface area contributed by atoms with Crippen LogP contribution in [0.2, 0.25) is 0 Å². The number of ether oxygens (including phenoxy) is 2. The van der Waals surface area contributed by atoms with Crippen molar-refractivity contribution in [2.24, 2.45) is 0 Å². The summed E-state index contributed by atoms with van der Waals surface area (Å²) < 4.78 is 11.1. The highest BCUT2D eigenvalue weighted by Crippen LogP contribution is 2.21. The normalized spacial score (nSPS) is 10.7. The first-order valence-corrected chi connectivity index (χ1v) is 6.67. The molecular formula is C14H24N2O2. The van der Waals surface area contributed by atoms with E-state index in [1.54, 1.807) is 6.20 Å². The van der Waals surface area contributed by atoms with Crippen LogP contribution in [-0.4, -0.2) is 30.8 Å². The van der Waals surface area contributed by atoms with E-state index in [-0.39, 0.29) is 6.10 Å². The van der Waals surface area contributed by atoms with Gasteiger partial charge in [-0.2, -0.15) is 0 Å². The molecule has 18 heavy (non-hydrogen) atoms. The molecule has 0 saturated heterocycles. The second-order valence-electron chi connectivity index (χ2n) is 4.41. The molecule has 0 bridgehead atoms. The molecule has 1 aromatic heterocycles. The van der Waals surface area contributed by atoms with E-state index in [0.717, 1.165) is 44.2 Å². The Labute approximate surface area is 110 Å². The van der Waals surface area contributed by atoms with Crippen LogP contribution in [-0.2, 0) is 4.74 Å². The fourth-order valence-electron chi connectivity index (χ4n) is 1.50. The van der Waals surface area contributed by atoms with Crippen LogP contribution in [0.1, 0.15) is 33.6 Å². The third kappa shape index (κ3) is 5.87. The van der Waals surface area contributed by atoms with E-state index < -0.39 is 0 Å². The number of pyridine rings is 1.